The van der Waals surface area contributed by atoms with E-state index in [1.165, 1.54) is 27.7 Å². The predicted molar refractivity (Wildman–Crippen MR) is 106 cm³/mol. The Morgan fingerprint density at radius 2 is 1.55 bits per heavy atom. The lowest BCUT2D eigenvalue weighted by atomic mass is 9.97. The monoisotopic (exact) mass is 451 g/mol. The summed E-state index contributed by atoms with van der Waals surface area (Å²) in [6.45, 7) is 6.65. The Hall–Kier alpha value is -1.92. The first-order valence-electron chi connectivity index (χ1n) is 8.78. The first-order valence-corrected chi connectivity index (χ1v) is 10.1. The van der Waals surface area contributed by atoms with E-state index in [2.05, 4.69) is 5.32 Å². The van der Waals surface area contributed by atoms with Crippen LogP contribution in [-0.2, 0) is 42.9 Å². The molecule has 0 aromatic rings. The van der Waals surface area contributed by atoms with Crippen LogP contribution in [0.2, 0.25) is 0 Å². The summed E-state index contributed by atoms with van der Waals surface area (Å²) in [6, 6.07) is -0.919. The van der Waals surface area contributed by atoms with Crippen LogP contribution in [0.4, 0.5) is 0 Å². The van der Waals surface area contributed by atoms with E-state index in [-0.39, 0.29) is 11.0 Å². The summed E-state index contributed by atoms with van der Waals surface area (Å²) in [5, 5.41) is 2.65. The Kier molecular flexibility index (Phi) is 10.3. The topological polar surface area (TPSA) is 126 Å². The zero-order valence-corrected chi connectivity index (χ0v) is 18.4. The average Bonchev–Trinajstić information content (AvgIpc) is 2.57. The number of carbonyl (C=O) groups is 4. The Bertz CT molecular complexity index is 642. The molecule has 0 saturated carbocycles. The van der Waals surface area contributed by atoms with Crippen LogP contribution in [0.1, 0.15) is 34.6 Å². The minimum atomic E-state index is -1.13. The van der Waals surface area contributed by atoms with E-state index in [4.69, 9.17) is 35.9 Å². The van der Waals surface area contributed by atoms with Crippen LogP contribution in [0.15, 0.2) is 0 Å². The minimum Gasteiger partial charge on any atom is -0.479 e. The SMILES string of the molecule is CCOC(=S)S[C@H]1O[C@H](COC(C)=O)[C@H](OC(C)=O)[C@@H](OC(C)=O)[C@@H]1NC(C)=O. The molecule has 0 unspecified atom stereocenters. The van der Waals surface area contributed by atoms with Crippen molar-refractivity contribution in [1.82, 2.24) is 5.32 Å². The van der Waals surface area contributed by atoms with Crippen molar-refractivity contribution in [3.05, 3.63) is 0 Å². The van der Waals surface area contributed by atoms with E-state index in [0.717, 1.165) is 11.8 Å². The normalized spacial score (nSPS) is 26.0. The fourth-order valence-electron chi connectivity index (χ4n) is 2.64. The average molecular weight is 452 g/mol. The summed E-state index contributed by atoms with van der Waals surface area (Å²) in [5.74, 6) is -2.33. The molecule has 0 aromatic carbocycles. The van der Waals surface area contributed by atoms with Crippen LogP contribution in [0, 0.1) is 0 Å². The van der Waals surface area contributed by atoms with Gasteiger partial charge in [0.15, 0.2) is 12.2 Å². The fraction of sp³-hybridized carbons (Fsp3) is 0.706. The van der Waals surface area contributed by atoms with Gasteiger partial charge >= 0.3 is 17.9 Å². The van der Waals surface area contributed by atoms with Gasteiger partial charge in [-0.05, 0) is 30.9 Å². The zero-order valence-electron chi connectivity index (χ0n) is 16.8. The minimum absolute atomic E-state index is 0.145. The second kappa shape index (κ2) is 11.9. The third-order valence-corrected chi connectivity index (χ3v) is 4.90. The van der Waals surface area contributed by atoms with Crippen LogP contribution in [-0.4, -0.2) is 71.2 Å². The van der Waals surface area contributed by atoms with E-state index in [1.54, 1.807) is 6.92 Å². The molecule has 1 rings (SSSR count). The summed E-state index contributed by atoms with van der Waals surface area (Å²) < 4.78 is 27.0. The molecule has 0 aromatic heterocycles. The maximum atomic E-state index is 11.8. The highest BCUT2D eigenvalue weighted by Crippen LogP contribution is 2.33. The highest BCUT2D eigenvalue weighted by Gasteiger charge is 2.51. The number of amides is 1. The van der Waals surface area contributed by atoms with Gasteiger partial charge in [0.1, 0.15) is 24.2 Å². The second-order valence-electron chi connectivity index (χ2n) is 6.02. The van der Waals surface area contributed by atoms with Gasteiger partial charge in [0.05, 0.1) is 6.61 Å². The van der Waals surface area contributed by atoms with Crippen LogP contribution in [0.3, 0.4) is 0 Å². The maximum Gasteiger partial charge on any atom is 0.303 e. The first-order chi connectivity index (χ1) is 13.5. The van der Waals surface area contributed by atoms with Crippen molar-refractivity contribution in [2.24, 2.45) is 0 Å². The molecule has 164 valence electrons. The van der Waals surface area contributed by atoms with Gasteiger partial charge in [0.2, 0.25) is 10.3 Å². The Labute approximate surface area is 178 Å². The third-order valence-electron chi connectivity index (χ3n) is 3.55. The fourth-order valence-corrected chi connectivity index (χ4v) is 3.98. The predicted octanol–water partition coefficient (Wildman–Crippen LogP) is 0.697. The number of rotatable bonds is 7. The summed E-state index contributed by atoms with van der Waals surface area (Å²) in [6.07, 6.45) is -3.22. The van der Waals surface area contributed by atoms with Crippen molar-refractivity contribution in [1.29, 1.82) is 0 Å². The number of hydrogen-bond acceptors (Lipinski definition) is 11. The van der Waals surface area contributed by atoms with Crippen molar-refractivity contribution < 1.29 is 42.9 Å². The van der Waals surface area contributed by atoms with Gasteiger partial charge < -0.3 is 29.0 Å². The quantitative estimate of drug-likeness (QED) is 0.334. The summed E-state index contributed by atoms with van der Waals surface area (Å²) in [4.78, 5) is 46.4. The molecule has 29 heavy (non-hydrogen) atoms. The van der Waals surface area contributed by atoms with Crippen molar-refractivity contribution in [2.45, 2.75) is 64.4 Å². The number of thiocarbonyl (C=S) groups is 1. The van der Waals surface area contributed by atoms with Crippen LogP contribution in [0.5, 0.6) is 0 Å². The largest absolute Gasteiger partial charge is 0.479 e. The molecule has 1 aliphatic rings. The Balaban J connectivity index is 3.29. The van der Waals surface area contributed by atoms with Crippen molar-refractivity contribution in [2.75, 3.05) is 13.2 Å². The molecule has 0 bridgehead atoms. The summed E-state index contributed by atoms with van der Waals surface area (Å²) in [7, 11) is 0. The molecule has 1 aliphatic heterocycles. The molecule has 1 saturated heterocycles. The molecule has 0 aliphatic carbocycles. The number of thioether (sulfide) groups is 1. The van der Waals surface area contributed by atoms with Crippen molar-refractivity contribution >= 4 is 52.2 Å². The lowest BCUT2D eigenvalue weighted by Crippen LogP contribution is -2.65. The van der Waals surface area contributed by atoms with Crippen LogP contribution >= 0.6 is 24.0 Å². The smallest absolute Gasteiger partial charge is 0.303 e. The molecule has 0 spiro atoms. The summed E-state index contributed by atoms with van der Waals surface area (Å²) in [5.41, 5.74) is -0.866. The van der Waals surface area contributed by atoms with E-state index >= 15 is 0 Å². The standard InChI is InChI=1S/C17H25NO9S2/c1-6-23-17(28)29-16-13(18-8(2)19)15(26-11(5)22)14(25-10(4)21)12(27-16)7-24-9(3)20/h12-16H,6-7H2,1-5H3,(H,18,19)/t12-,13+,14+,15+,16-/m1/s1. The molecule has 1 N–H and O–H groups in total. The van der Waals surface area contributed by atoms with Gasteiger partial charge in [0.25, 0.3) is 0 Å². The van der Waals surface area contributed by atoms with Gasteiger partial charge in [0, 0.05) is 27.7 Å². The number of nitrogens with one attached hydrogen (secondary N) is 1. The molecular formula is C17H25NO9S2. The molecule has 5 atom stereocenters. The highest BCUT2D eigenvalue weighted by atomic mass is 32.2. The summed E-state index contributed by atoms with van der Waals surface area (Å²) >= 11 is 6.13. The Morgan fingerprint density at radius 3 is 2.03 bits per heavy atom. The highest BCUT2D eigenvalue weighted by molar-refractivity contribution is 8.22. The maximum absolute atomic E-state index is 11.8. The van der Waals surface area contributed by atoms with Crippen molar-refractivity contribution in [3.63, 3.8) is 0 Å². The Morgan fingerprint density at radius 1 is 0.966 bits per heavy atom. The van der Waals surface area contributed by atoms with Gasteiger partial charge in [-0.3, -0.25) is 19.2 Å². The molecule has 12 heteroatoms. The van der Waals surface area contributed by atoms with Gasteiger partial charge in [-0.2, -0.15) is 0 Å². The van der Waals surface area contributed by atoms with Gasteiger partial charge in [-0.15, -0.1) is 0 Å². The molecule has 1 heterocycles. The van der Waals surface area contributed by atoms with Crippen LogP contribution in [0.25, 0.3) is 0 Å². The molecule has 1 fully saturated rings. The van der Waals surface area contributed by atoms with Gasteiger partial charge in [-0.25, -0.2) is 0 Å². The molecular weight excluding hydrogens is 426 g/mol. The first kappa shape index (κ1) is 25.1. The van der Waals surface area contributed by atoms with E-state index in [9.17, 15) is 19.2 Å². The molecule has 1 amide bonds. The lowest BCUT2D eigenvalue weighted by molar-refractivity contribution is -0.211. The number of carbonyl (C=O) groups excluding carboxylic acids is 4. The van der Waals surface area contributed by atoms with Crippen LogP contribution < -0.4 is 5.32 Å². The molecule has 0 radical (unpaired) electrons. The second-order valence-corrected chi connectivity index (χ2v) is 7.72. The zero-order chi connectivity index (χ0) is 22.1. The lowest BCUT2D eigenvalue weighted by Gasteiger charge is -2.44. The van der Waals surface area contributed by atoms with Gasteiger partial charge in [-0.1, -0.05) is 0 Å². The van der Waals surface area contributed by atoms with E-state index < -0.39 is 53.6 Å². The number of esters is 3. The number of hydrogen-bond donors (Lipinski definition) is 1. The van der Waals surface area contributed by atoms with E-state index in [1.807, 2.05) is 0 Å². The van der Waals surface area contributed by atoms with Crippen molar-refractivity contribution in [3.8, 4) is 0 Å². The number of ether oxygens (including phenoxy) is 5. The molecule has 10 nitrogen and oxygen atoms in total. The third kappa shape index (κ3) is 8.54. The van der Waals surface area contributed by atoms with E-state index in [0.29, 0.717) is 6.61 Å².